The molecule has 8 heteroatoms. The molecule has 0 saturated carbocycles. The number of hydrogen-bond acceptors (Lipinski definition) is 4. The number of halogens is 1. The van der Waals surface area contributed by atoms with Crippen LogP contribution >= 0.6 is 27.7 Å². The van der Waals surface area contributed by atoms with Gasteiger partial charge in [-0.3, -0.25) is 0 Å². The Morgan fingerprint density at radius 3 is 2.62 bits per heavy atom. The van der Waals surface area contributed by atoms with Crippen molar-refractivity contribution in [3.05, 3.63) is 40.9 Å². The van der Waals surface area contributed by atoms with Gasteiger partial charge >= 0.3 is 0 Å². The first-order valence-electron chi connectivity index (χ1n) is 8.77. The van der Waals surface area contributed by atoms with Crippen LogP contribution in [0, 0.1) is 0 Å². The summed E-state index contributed by atoms with van der Waals surface area (Å²) in [4.78, 5) is 5.89. The lowest BCUT2D eigenvalue weighted by atomic mass is 10.2. The molecule has 0 unspecified atom stereocenters. The summed E-state index contributed by atoms with van der Waals surface area (Å²) in [7, 11) is 0. The van der Waals surface area contributed by atoms with E-state index in [2.05, 4.69) is 93.7 Å². The smallest absolute Gasteiger partial charge is 0.191 e. The lowest BCUT2D eigenvalue weighted by Crippen LogP contribution is -2.43. The van der Waals surface area contributed by atoms with E-state index in [-0.39, 0.29) is 4.75 Å². The first-order chi connectivity index (χ1) is 12.4. The van der Waals surface area contributed by atoms with Crippen LogP contribution in [-0.2, 0) is 13.1 Å². The van der Waals surface area contributed by atoms with Gasteiger partial charge in [-0.2, -0.15) is 0 Å². The Kier molecular flexibility index (Phi) is 7.96. The van der Waals surface area contributed by atoms with E-state index in [0.717, 1.165) is 35.9 Å². The predicted octanol–water partition coefficient (Wildman–Crippen LogP) is 3.69. The average Bonchev–Trinajstić information content (AvgIpc) is 3.07. The fourth-order valence-corrected chi connectivity index (χ4v) is 3.63. The van der Waals surface area contributed by atoms with Gasteiger partial charge in [-0.05, 0) is 52.0 Å². The average molecular weight is 439 g/mol. The molecule has 1 heterocycles. The minimum atomic E-state index is 0.0213. The molecule has 2 aromatic rings. The Morgan fingerprint density at radius 1 is 1.23 bits per heavy atom. The molecule has 142 valence electrons. The standard InChI is InChI=1S/C18H27BrN6S/c1-5-20-17(21-11-16-24-23-13-25(16)6-2)22-12-18(3,4)26-15-9-7-14(19)8-10-15/h7-10,13H,5-6,11-12H2,1-4H3,(H2,20,21,22). The summed E-state index contributed by atoms with van der Waals surface area (Å²) in [5.74, 6) is 1.66. The van der Waals surface area contributed by atoms with E-state index >= 15 is 0 Å². The van der Waals surface area contributed by atoms with E-state index in [1.807, 2.05) is 16.3 Å². The number of aromatic nitrogens is 3. The topological polar surface area (TPSA) is 67.1 Å². The zero-order chi connectivity index (χ0) is 19.0. The Morgan fingerprint density at radius 2 is 1.96 bits per heavy atom. The SMILES string of the molecule is CCNC(=NCc1nncn1CC)NCC(C)(C)Sc1ccc(Br)cc1. The summed E-state index contributed by atoms with van der Waals surface area (Å²) in [5.41, 5.74) is 0. The predicted molar refractivity (Wildman–Crippen MR) is 113 cm³/mol. The van der Waals surface area contributed by atoms with Gasteiger partial charge in [0.15, 0.2) is 11.8 Å². The lowest BCUT2D eigenvalue weighted by molar-refractivity contribution is 0.658. The molecule has 0 saturated heterocycles. The number of nitrogens with one attached hydrogen (secondary N) is 2. The molecule has 6 nitrogen and oxygen atoms in total. The minimum Gasteiger partial charge on any atom is -0.357 e. The van der Waals surface area contributed by atoms with Crippen molar-refractivity contribution in [3.63, 3.8) is 0 Å². The molecular weight excluding hydrogens is 412 g/mol. The van der Waals surface area contributed by atoms with Crippen molar-refractivity contribution in [2.45, 2.75) is 50.4 Å². The van der Waals surface area contributed by atoms with Gasteiger partial charge in [0, 0.05) is 33.7 Å². The van der Waals surface area contributed by atoms with Crippen LogP contribution in [0.15, 0.2) is 45.0 Å². The highest BCUT2D eigenvalue weighted by molar-refractivity contribution is 9.10. The van der Waals surface area contributed by atoms with Crippen LogP contribution in [0.5, 0.6) is 0 Å². The summed E-state index contributed by atoms with van der Waals surface area (Å²) in [5, 5.41) is 14.8. The van der Waals surface area contributed by atoms with Crippen LogP contribution < -0.4 is 10.6 Å². The largest absolute Gasteiger partial charge is 0.357 e. The van der Waals surface area contributed by atoms with Gasteiger partial charge in [0.05, 0.1) is 0 Å². The zero-order valence-corrected chi connectivity index (χ0v) is 18.2. The van der Waals surface area contributed by atoms with Crippen molar-refractivity contribution in [1.82, 2.24) is 25.4 Å². The number of nitrogens with zero attached hydrogens (tertiary/aromatic N) is 4. The van der Waals surface area contributed by atoms with Crippen molar-refractivity contribution in [1.29, 1.82) is 0 Å². The summed E-state index contributed by atoms with van der Waals surface area (Å²) in [6.07, 6.45) is 1.74. The van der Waals surface area contributed by atoms with Gasteiger partial charge in [-0.15, -0.1) is 22.0 Å². The first-order valence-corrected chi connectivity index (χ1v) is 10.4. The van der Waals surface area contributed by atoms with Crippen LogP contribution in [0.2, 0.25) is 0 Å². The maximum atomic E-state index is 4.64. The molecule has 0 bridgehead atoms. The maximum Gasteiger partial charge on any atom is 0.191 e. The monoisotopic (exact) mass is 438 g/mol. The minimum absolute atomic E-state index is 0.0213. The molecule has 0 atom stereocenters. The third-order valence-electron chi connectivity index (χ3n) is 3.65. The first kappa shape index (κ1) is 20.8. The second kappa shape index (κ2) is 9.97. The molecule has 2 rings (SSSR count). The number of rotatable bonds is 8. The van der Waals surface area contributed by atoms with E-state index in [4.69, 9.17) is 0 Å². The highest BCUT2D eigenvalue weighted by Crippen LogP contribution is 2.32. The van der Waals surface area contributed by atoms with Crippen LogP contribution in [-0.4, -0.2) is 38.6 Å². The molecule has 0 radical (unpaired) electrons. The quantitative estimate of drug-likeness (QED) is 0.373. The molecule has 1 aromatic carbocycles. The molecular formula is C18H27BrN6S. The van der Waals surface area contributed by atoms with Crippen molar-refractivity contribution in [2.24, 2.45) is 4.99 Å². The number of aryl methyl sites for hydroxylation is 1. The molecule has 26 heavy (non-hydrogen) atoms. The van der Waals surface area contributed by atoms with Crippen LogP contribution in [0.25, 0.3) is 0 Å². The molecule has 2 N–H and O–H groups in total. The molecule has 0 spiro atoms. The third kappa shape index (κ3) is 6.64. The molecule has 0 amide bonds. The van der Waals surface area contributed by atoms with Crippen LogP contribution in [0.3, 0.4) is 0 Å². The van der Waals surface area contributed by atoms with Gasteiger partial charge in [0.2, 0.25) is 0 Å². The third-order valence-corrected chi connectivity index (χ3v) is 5.38. The van der Waals surface area contributed by atoms with E-state index in [1.165, 1.54) is 4.90 Å². The van der Waals surface area contributed by atoms with Crippen molar-refractivity contribution >= 4 is 33.7 Å². The van der Waals surface area contributed by atoms with Gasteiger partial charge < -0.3 is 15.2 Å². The molecule has 0 fully saturated rings. The Labute approximate surface area is 168 Å². The summed E-state index contributed by atoms with van der Waals surface area (Å²) < 4.78 is 3.12. The highest BCUT2D eigenvalue weighted by Gasteiger charge is 2.20. The number of aliphatic imine (C=N–C) groups is 1. The maximum absolute atomic E-state index is 4.64. The van der Waals surface area contributed by atoms with E-state index < -0.39 is 0 Å². The number of hydrogen-bond donors (Lipinski definition) is 2. The number of benzene rings is 1. The van der Waals surface area contributed by atoms with Crippen molar-refractivity contribution < 1.29 is 0 Å². The molecule has 1 aromatic heterocycles. The normalized spacial score (nSPS) is 12.3. The zero-order valence-electron chi connectivity index (χ0n) is 15.8. The van der Waals surface area contributed by atoms with Crippen LogP contribution in [0.4, 0.5) is 0 Å². The summed E-state index contributed by atoms with van der Waals surface area (Å²) >= 11 is 5.32. The Hall–Kier alpha value is -1.54. The fourth-order valence-electron chi connectivity index (χ4n) is 2.31. The van der Waals surface area contributed by atoms with E-state index in [0.29, 0.717) is 6.54 Å². The Balaban J connectivity index is 1.95. The van der Waals surface area contributed by atoms with Crippen molar-refractivity contribution in [2.75, 3.05) is 13.1 Å². The fraction of sp³-hybridized carbons (Fsp3) is 0.500. The second-order valence-electron chi connectivity index (χ2n) is 6.40. The Bertz CT molecular complexity index is 711. The molecule has 0 aliphatic carbocycles. The van der Waals surface area contributed by atoms with E-state index in [1.54, 1.807) is 6.33 Å². The van der Waals surface area contributed by atoms with E-state index in [9.17, 15) is 0 Å². The lowest BCUT2D eigenvalue weighted by Gasteiger charge is -2.25. The van der Waals surface area contributed by atoms with Gasteiger partial charge in [-0.1, -0.05) is 15.9 Å². The highest BCUT2D eigenvalue weighted by atomic mass is 79.9. The number of thioether (sulfide) groups is 1. The van der Waals surface area contributed by atoms with Gasteiger partial charge in [0.25, 0.3) is 0 Å². The van der Waals surface area contributed by atoms with Crippen LogP contribution in [0.1, 0.15) is 33.5 Å². The van der Waals surface area contributed by atoms with Gasteiger partial charge in [0.1, 0.15) is 12.9 Å². The number of guanidine groups is 1. The molecule has 0 aliphatic heterocycles. The summed E-state index contributed by atoms with van der Waals surface area (Å²) in [6.45, 7) is 11.5. The second-order valence-corrected chi connectivity index (χ2v) is 9.09. The van der Waals surface area contributed by atoms with Crippen molar-refractivity contribution in [3.8, 4) is 0 Å². The molecule has 0 aliphatic rings. The van der Waals surface area contributed by atoms with Gasteiger partial charge in [-0.25, -0.2) is 4.99 Å². The summed E-state index contributed by atoms with van der Waals surface area (Å²) in [6, 6.07) is 8.41.